The summed E-state index contributed by atoms with van der Waals surface area (Å²) in [5.41, 5.74) is 0.950. The summed E-state index contributed by atoms with van der Waals surface area (Å²) in [5.74, 6) is 0.248. The fourth-order valence-electron chi connectivity index (χ4n) is 4.58. The Morgan fingerprint density at radius 3 is 2.47 bits per heavy atom. The Morgan fingerprint density at radius 2 is 1.78 bits per heavy atom. The molecular weight excluding hydrogens is 477 g/mol. The highest BCUT2D eigenvalue weighted by Gasteiger charge is 2.33. The van der Waals surface area contributed by atoms with Crippen molar-refractivity contribution in [3.63, 3.8) is 0 Å². The lowest BCUT2D eigenvalue weighted by molar-refractivity contribution is -0.141. The molecule has 192 valence electrons. The number of hydrogen-bond donors (Lipinski definition) is 1. The molecule has 0 atom stereocenters. The number of carbonyl (C=O) groups excluding carboxylic acids is 2. The van der Waals surface area contributed by atoms with Crippen molar-refractivity contribution < 1.29 is 31.9 Å². The summed E-state index contributed by atoms with van der Waals surface area (Å²) < 4.78 is 50.7. The molecule has 1 aromatic carbocycles. The zero-order valence-electron chi connectivity index (χ0n) is 19.6. The van der Waals surface area contributed by atoms with E-state index in [1.54, 1.807) is 6.07 Å². The van der Waals surface area contributed by atoms with Gasteiger partial charge in [-0.1, -0.05) is 25.3 Å². The van der Waals surface area contributed by atoms with E-state index in [9.17, 15) is 18.0 Å². The number of pyridine rings is 1. The van der Waals surface area contributed by atoms with Gasteiger partial charge in [0.15, 0.2) is 11.5 Å². The highest BCUT2D eigenvalue weighted by Crippen LogP contribution is 2.37. The van der Waals surface area contributed by atoms with Gasteiger partial charge >= 0.3 is 6.18 Å². The van der Waals surface area contributed by atoms with Crippen molar-refractivity contribution in [2.75, 3.05) is 36.5 Å². The number of rotatable bonds is 4. The standard InChI is InChI=1S/C24H25F3N4O3.CH2O/c25-24(26,27)21-8-4-7-16(28-21)22(32)29-17-14-20-18(13-19(17)31-9-11-33-12-10-31)30-23(34-20)15-5-2-1-3-6-15;1-2/h4,7-8,13-15H,1-3,5-6,9-12H2,(H,29,32);1H2. The largest absolute Gasteiger partial charge is 0.440 e. The predicted octanol–water partition coefficient (Wildman–Crippen LogP) is 5.19. The van der Waals surface area contributed by atoms with Crippen LogP contribution in [0.2, 0.25) is 0 Å². The fraction of sp³-hybridized carbons (Fsp3) is 0.440. The van der Waals surface area contributed by atoms with Crippen LogP contribution in [0.1, 0.15) is 60.1 Å². The van der Waals surface area contributed by atoms with Crippen molar-refractivity contribution in [2.45, 2.75) is 44.2 Å². The zero-order chi connectivity index (χ0) is 25.7. The van der Waals surface area contributed by atoms with Gasteiger partial charge < -0.3 is 24.2 Å². The van der Waals surface area contributed by atoms with Crippen LogP contribution in [-0.4, -0.2) is 49.0 Å². The first-order valence-electron chi connectivity index (χ1n) is 11.8. The summed E-state index contributed by atoms with van der Waals surface area (Å²) in [6.45, 7) is 4.30. The molecule has 1 N–H and O–H groups in total. The normalized spacial score (nSPS) is 16.9. The number of carbonyl (C=O) groups is 2. The molecule has 0 spiro atoms. The van der Waals surface area contributed by atoms with E-state index < -0.39 is 17.8 Å². The molecule has 2 aliphatic rings. The molecule has 8 nitrogen and oxygen atoms in total. The number of fused-ring (bicyclic) bond motifs is 1. The average molecular weight is 505 g/mol. The number of anilines is 2. The first-order valence-corrected chi connectivity index (χ1v) is 11.8. The lowest BCUT2D eigenvalue weighted by Crippen LogP contribution is -2.36. The minimum atomic E-state index is -4.64. The number of alkyl halides is 3. The zero-order valence-corrected chi connectivity index (χ0v) is 19.6. The van der Waals surface area contributed by atoms with Crippen LogP contribution in [0.4, 0.5) is 24.5 Å². The van der Waals surface area contributed by atoms with Gasteiger partial charge in [-0.2, -0.15) is 13.2 Å². The number of benzene rings is 1. The van der Waals surface area contributed by atoms with Gasteiger partial charge in [0.05, 0.1) is 24.6 Å². The first kappa shape index (κ1) is 25.6. The number of hydrogen-bond acceptors (Lipinski definition) is 7. The molecular formula is C25H27F3N4O4. The molecule has 1 amide bonds. The Labute approximate surface area is 205 Å². The number of aromatic nitrogens is 2. The molecule has 0 bridgehead atoms. The lowest BCUT2D eigenvalue weighted by Gasteiger charge is -2.30. The third-order valence-corrected chi connectivity index (χ3v) is 6.35. The highest BCUT2D eigenvalue weighted by molar-refractivity contribution is 6.06. The van der Waals surface area contributed by atoms with Gasteiger partial charge in [0.2, 0.25) is 0 Å². The van der Waals surface area contributed by atoms with Crippen LogP contribution < -0.4 is 10.2 Å². The van der Waals surface area contributed by atoms with Crippen molar-refractivity contribution in [1.82, 2.24) is 9.97 Å². The van der Waals surface area contributed by atoms with E-state index in [1.807, 2.05) is 12.9 Å². The van der Waals surface area contributed by atoms with Crippen molar-refractivity contribution in [3.05, 3.63) is 47.6 Å². The van der Waals surface area contributed by atoms with E-state index in [0.29, 0.717) is 49.0 Å². The van der Waals surface area contributed by atoms with Gasteiger partial charge in [-0.25, -0.2) is 9.97 Å². The second kappa shape index (κ2) is 11.1. The van der Waals surface area contributed by atoms with Gasteiger partial charge in [0.25, 0.3) is 5.91 Å². The Hall–Kier alpha value is -3.47. The van der Waals surface area contributed by atoms with Crippen LogP contribution in [0.3, 0.4) is 0 Å². The fourth-order valence-corrected chi connectivity index (χ4v) is 4.58. The molecule has 11 heteroatoms. The first-order chi connectivity index (χ1) is 17.4. The molecule has 3 aromatic rings. The van der Waals surface area contributed by atoms with Crippen LogP contribution in [-0.2, 0) is 15.7 Å². The van der Waals surface area contributed by atoms with Crippen LogP contribution in [0.15, 0.2) is 34.7 Å². The van der Waals surface area contributed by atoms with Gasteiger partial charge in [-0.05, 0) is 31.0 Å². The maximum atomic E-state index is 13.1. The molecule has 0 radical (unpaired) electrons. The Morgan fingerprint density at radius 1 is 1.06 bits per heavy atom. The minimum absolute atomic E-state index is 0.278. The Bertz CT molecular complexity index is 1200. The summed E-state index contributed by atoms with van der Waals surface area (Å²) in [5, 5.41) is 2.74. The topological polar surface area (TPSA) is 97.6 Å². The monoisotopic (exact) mass is 504 g/mol. The van der Waals surface area contributed by atoms with E-state index >= 15 is 0 Å². The van der Waals surface area contributed by atoms with E-state index in [4.69, 9.17) is 18.9 Å². The van der Waals surface area contributed by atoms with Gasteiger partial charge in [-0.15, -0.1) is 0 Å². The highest BCUT2D eigenvalue weighted by atomic mass is 19.4. The molecule has 1 saturated heterocycles. The van der Waals surface area contributed by atoms with Crippen LogP contribution >= 0.6 is 0 Å². The maximum Gasteiger partial charge on any atom is 0.433 e. The summed E-state index contributed by atoms with van der Waals surface area (Å²) in [6.07, 6.45) is 0.949. The smallest absolute Gasteiger partial charge is 0.433 e. The number of nitrogens with one attached hydrogen (secondary N) is 1. The third-order valence-electron chi connectivity index (χ3n) is 6.35. The minimum Gasteiger partial charge on any atom is -0.440 e. The van der Waals surface area contributed by atoms with E-state index in [2.05, 4.69) is 15.2 Å². The van der Waals surface area contributed by atoms with Gasteiger partial charge in [-0.3, -0.25) is 4.79 Å². The van der Waals surface area contributed by atoms with E-state index in [-0.39, 0.29) is 11.6 Å². The molecule has 36 heavy (non-hydrogen) atoms. The Balaban J connectivity index is 0.00000148. The van der Waals surface area contributed by atoms with Crippen molar-refractivity contribution in [2.24, 2.45) is 0 Å². The van der Waals surface area contributed by atoms with Crippen molar-refractivity contribution in [1.29, 1.82) is 0 Å². The molecule has 1 aliphatic heterocycles. The lowest BCUT2D eigenvalue weighted by atomic mass is 9.89. The number of amides is 1. The molecule has 1 aliphatic carbocycles. The Kier molecular flexibility index (Phi) is 7.88. The summed E-state index contributed by atoms with van der Waals surface area (Å²) in [4.78, 5) is 31.2. The molecule has 1 saturated carbocycles. The molecule has 3 heterocycles. The summed E-state index contributed by atoms with van der Waals surface area (Å²) >= 11 is 0. The summed E-state index contributed by atoms with van der Waals surface area (Å²) in [7, 11) is 0. The maximum absolute atomic E-state index is 13.1. The average Bonchev–Trinajstić information content (AvgIpc) is 3.33. The number of halogens is 3. The van der Waals surface area contributed by atoms with Crippen LogP contribution in [0.25, 0.3) is 11.1 Å². The molecule has 2 fully saturated rings. The summed E-state index contributed by atoms with van der Waals surface area (Å²) in [6, 6.07) is 6.83. The third kappa shape index (κ3) is 5.67. The molecule has 2 aromatic heterocycles. The molecule has 5 rings (SSSR count). The number of oxazole rings is 1. The van der Waals surface area contributed by atoms with Gasteiger partial charge in [0, 0.05) is 25.1 Å². The van der Waals surface area contributed by atoms with Crippen molar-refractivity contribution >= 4 is 35.2 Å². The molecule has 0 unspecified atom stereocenters. The predicted molar refractivity (Wildman–Crippen MR) is 127 cm³/mol. The van der Waals surface area contributed by atoms with E-state index in [1.165, 1.54) is 18.6 Å². The SMILES string of the molecule is C=O.O=C(Nc1cc2oc(C3CCCCC3)nc2cc1N1CCOCC1)c1cccc(C(F)(F)F)n1. The second-order valence-electron chi connectivity index (χ2n) is 8.68. The van der Waals surface area contributed by atoms with Crippen molar-refractivity contribution in [3.8, 4) is 0 Å². The van der Waals surface area contributed by atoms with Crippen LogP contribution in [0.5, 0.6) is 0 Å². The number of nitrogens with zero attached hydrogens (tertiary/aromatic N) is 3. The van der Waals surface area contributed by atoms with Gasteiger partial charge in [0.1, 0.15) is 23.7 Å². The second-order valence-corrected chi connectivity index (χ2v) is 8.68. The quantitative estimate of drug-likeness (QED) is 0.522. The van der Waals surface area contributed by atoms with E-state index in [0.717, 1.165) is 37.4 Å². The number of ether oxygens (including phenoxy) is 1. The van der Waals surface area contributed by atoms with Crippen LogP contribution in [0, 0.1) is 0 Å². The number of morpholine rings is 1.